The molecule has 2 aromatic carbocycles. The molecule has 0 saturated carbocycles. The number of carbonyl (C=O) groups excluding carboxylic acids is 1. The summed E-state index contributed by atoms with van der Waals surface area (Å²) in [5, 5.41) is 2.68. The Bertz CT molecular complexity index is 955. The lowest BCUT2D eigenvalue weighted by molar-refractivity contribution is -0.118. The van der Waals surface area contributed by atoms with Gasteiger partial charge in [-0.1, -0.05) is 32.0 Å². The van der Waals surface area contributed by atoms with Crippen molar-refractivity contribution >= 4 is 21.6 Å². The predicted octanol–water partition coefficient (Wildman–Crippen LogP) is 3.48. The third-order valence-corrected chi connectivity index (χ3v) is 6.02. The average molecular weight is 421 g/mol. The van der Waals surface area contributed by atoms with Crippen molar-refractivity contribution in [1.82, 2.24) is 4.31 Å². The predicted molar refractivity (Wildman–Crippen MR) is 113 cm³/mol. The van der Waals surface area contributed by atoms with Crippen molar-refractivity contribution in [3.05, 3.63) is 48.0 Å². The summed E-state index contributed by atoms with van der Waals surface area (Å²) in [7, 11) is -0.851. The van der Waals surface area contributed by atoms with E-state index in [2.05, 4.69) is 19.2 Å². The van der Waals surface area contributed by atoms with Crippen LogP contribution in [-0.2, 0) is 14.8 Å². The summed E-state index contributed by atoms with van der Waals surface area (Å²) in [4.78, 5) is 12.3. The molecular weight excluding hydrogens is 392 g/mol. The number of rotatable bonds is 9. The van der Waals surface area contributed by atoms with Gasteiger partial charge in [0.05, 0.1) is 6.61 Å². The van der Waals surface area contributed by atoms with E-state index in [0.717, 1.165) is 9.87 Å². The average Bonchev–Trinajstić information content (AvgIpc) is 2.67. The molecule has 0 atom stereocenters. The SMILES string of the molecule is CCOc1ccc(NC(=O)COc2ccccc2C(C)C)cc1S(=O)(=O)N(C)C. The highest BCUT2D eigenvalue weighted by Gasteiger charge is 2.23. The minimum Gasteiger partial charge on any atom is -0.492 e. The molecule has 0 fully saturated rings. The van der Waals surface area contributed by atoms with Crippen LogP contribution in [0, 0.1) is 0 Å². The molecule has 0 radical (unpaired) electrons. The highest BCUT2D eigenvalue weighted by Crippen LogP contribution is 2.29. The Morgan fingerprint density at radius 1 is 1.07 bits per heavy atom. The van der Waals surface area contributed by atoms with E-state index < -0.39 is 10.0 Å². The molecule has 0 aromatic heterocycles. The summed E-state index contributed by atoms with van der Waals surface area (Å²) in [6.07, 6.45) is 0. The number of nitrogens with zero attached hydrogens (tertiary/aromatic N) is 1. The van der Waals surface area contributed by atoms with Gasteiger partial charge in [-0.2, -0.15) is 0 Å². The molecule has 0 saturated heterocycles. The normalized spacial score (nSPS) is 11.6. The Hall–Kier alpha value is -2.58. The highest BCUT2D eigenvalue weighted by molar-refractivity contribution is 7.89. The molecule has 29 heavy (non-hydrogen) atoms. The molecule has 1 N–H and O–H groups in total. The Morgan fingerprint density at radius 2 is 1.76 bits per heavy atom. The first kappa shape index (κ1) is 22.7. The largest absolute Gasteiger partial charge is 0.492 e. The summed E-state index contributed by atoms with van der Waals surface area (Å²) < 4.78 is 37.4. The molecule has 0 aliphatic heterocycles. The molecule has 8 heteroatoms. The van der Waals surface area contributed by atoms with Gasteiger partial charge < -0.3 is 14.8 Å². The van der Waals surface area contributed by atoms with Crippen molar-refractivity contribution in [1.29, 1.82) is 0 Å². The van der Waals surface area contributed by atoms with E-state index in [1.807, 2.05) is 24.3 Å². The molecular formula is C21H28N2O5S. The zero-order chi connectivity index (χ0) is 21.6. The number of benzene rings is 2. The lowest BCUT2D eigenvalue weighted by Crippen LogP contribution is -2.24. The van der Waals surface area contributed by atoms with Gasteiger partial charge in [0.25, 0.3) is 5.91 Å². The van der Waals surface area contributed by atoms with Gasteiger partial charge in [0.2, 0.25) is 10.0 Å². The van der Waals surface area contributed by atoms with E-state index in [1.165, 1.54) is 26.2 Å². The van der Waals surface area contributed by atoms with Crippen LogP contribution in [0.5, 0.6) is 11.5 Å². The number of carbonyl (C=O) groups is 1. The van der Waals surface area contributed by atoms with Crippen LogP contribution in [-0.4, -0.2) is 45.9 Å². The second-order valence-electron chi connectivity index (χ2n) is 6.91. The van der Waals surface area contributed by atoms with Crippen molar-refractivity contribution in [2.24, 2.45) is 0 Å². The van der Waals surface area contributed by atoms with Crippen molar-refractivity contribution in [3.63, 3.8) is 0 Å². The Morgan fingerprint density at radius 3 is 2.38 bits per heavy atom. The molecule has 0 heterocycles. The Balaban J connectivity index is 2.17. The maximum atomic E-state index is 12.6. The van der Waals surface area contributed by atoms with Gasteiger partial charge in [-0.25, -0.2) is 12.7 Å². The Kier molecular flexibility index (Phi) is 7.64. The van der Waals surface area contributed by atoms with Crippen molar-refractivity contribution < 1.29 is 22.7 Å². The fourth-order valence-corrected chi connectivity index (χ4v) is 3.74. The van der Waals surface area contributed by atoms with Gasteiger partial charge >= 0.3 is 0 Å². The summed E-state index contributed by atoms with van der Waals surface area (Å²) in [6.45, 7) is 6.01. The van der Waals surface area contributed by atoms with Gasteiger partial charge in [-0.3, -0.25) is 4.79 Å². The van der Waals surface area contributed by atoms with Crippen molar-refractivity contribution in [2.45, 2.75) is 31.6 Å². The van der Waals surface area contributed by atoms with Crippen LogP contribution in [0.1, 0.15) is 32.3 Å². The van der Waals surface area contributed by atoms with Crippen LogP contribution in [0.3, 0.4) is 0 Å². The molecule has 2 aromatic rings. The number of para-hydroxylation sites is 1. The molecule has 0 aliphatic rings. The van der Waals surface area contributed by atoms with E-state index in [4.69, 9.17) is 9.47 Å². The van der Waals surface area contributed by atoms with E-state index in [-0.39, 0.29) is 29.1 Å². The molecule has 158 valence electrons. The second kappa shape index (κ2) is 9.76. The summed E-state index contributed by atoms with van der Waals surface area (Å²) >= 11 is 0. The number of hydrogen-bond donors (Lipinski definition) is 1. The third-order valence-electron chi connectivity index (χ3n) is 4.19. The van der Waals surface area contributed by atoms with Gasteiger partial charge in [0.1, 0.15) is 16.4 Å². The van der Waals surface area contributed by atoms with Gasteiger partial charge in [-0.15, -0.1) is 0 Å². The number of ether oxygens (including phenoxy) is 2. The van der Waals surface area contributed by atoms with Crippen LogP contribution in [0.15, 0.2) is 47.4 Å². The minimum atomic E-state index is -3.73. The standard InChI is InChI=1S/C21H28N2O5S/c1-6-27-19-12-11-16(13-20(19)29(25,26)23(4)5)22-21(24)14-28-18-10-8-7-9-17(18)15(2)3/h7-13,15H,6,14H2,1-5H3,(H,22,24). The van der Waals surface area contributed by atoms with Crippen LogP contribution >= 0.6 is 0 Å². The summed E-state index contributed by atoms with van der Waals surface area (Å²) in [6, 6.07) is 12.1. The number of sulfonamides is 1. The number of nitrogens with one attached hydrogen (secondary N) is 1. The summed E-state index contributed by atoms with van der Waals surface area (Å²) in [5.41, 5.74) is 1.36. The molecule has 2 rings (SSSR count). The maximum Gasteiger partial charge on any atom is 0.262 e. The van der Waals surface area contributed by atoms with Crippen molar-refractivity contribution in [3.8, 4) is 11.5 Å². The molecule has 7 nitrogen and oxygen atoms in total. The molecule has 0 aliphatic carbocycles. The van der Waals surface area contributed by atoms with Gasteiger partial charge in [0.15, 0.2) is 6.61 Å². The van der Waals surface area contributed by atoms with Crippen LogP contribution in [0.25, 0.3) is 0 Å². The van der Waals surface area contributed by atoms with Gasteiger partial charge in [-0.05, 0) is 42.7 Å². The number of anilines is 1. The van der Waals surface area contributed by atoms with Crippen LogP contribution in [0.2, 0.25) is 0 Å². The van der Waals surface area contributed by atoms with Crippen LogP contribution < -0.4 is 14.8 Å². The first-order valence-corrected chi connectivity index (χ1v) is 10.8. The quantitative estimate of drug-likeness (QED) is 0.671. The minimum absolute atomic E-state index is 0.00628. The zero-order valence-corrected chi connectivity index (χ0v) is 18.2. The van der Waals surface area contributed by atoms with Crippen molar-refractivity contribution in [2.75, 3.05) is 32.6 Å². The third kappa shape index (κ3) is 5.71. The first-order valence-electron chi connectivity index (χ1n) is 9.37. The van der Waals surface area contributed by atoms with Crippen LogP contribution in [0.4, 0.5) is 5.69 Å². The topological polar surface area (TPSA) is 84.9 Å². The van der Waals surface area contributed by atoms with E-state index in [0.29, 0.717) is 18.0 Å². The highest BCUT2D eigenvalue weighted by atomic mass is 32.2. The number of amides is 1. The maximum absolute atomic E-state index is 12.6. The lowest BCUT2D eigenvalue weighted by atomic mass is 10.0. The Labute approximate surface area is 172 Å². The fourth-order valence-electron chi connectivity index (χ4n) is 2.69. The van der Waals surface area contributed by atoms with E-state index in [1.54, 1.807) is 13.0 Å². The number of hydrogen-bond acceptors (Lipinski definition) is 5. The molecule has 0 spiro atoms. The first-order chi connectivity index (χ1) is 13.7. The van der Waals surface area contributed by atoms with E-state index in [9.17, 15) is 13.2 Å². The van der Waals surface area contributed by atoms with Gasteiger partial charge in [0, 0.05) is 19.8 Å². The second-order valence-corrected chi connectivity index (χ2v) is 9.03. The smallest absolute Gasteiger partial charge is 0.262 e. The monoisotopic (exact) mass is 420 g/mol. The summed E-state index contributed by atoms with van der Waals surface area (Å²) in [5.74, 6) is 0.765. The zero-order valence-electron chi connectivity index (χ0n) is 17.4. The molecule has 1 amide bonds. The molecule has 0 unspecified atom stereocenters. The van der Waals surface area contributed by atoms with E-state index >= 15 is 0 Å². The fraction of sp³-hybridized carbons (Fsp3) is 0.381. The molecule has 0 bridgehead atoms. The lowest BCUT2D eigenvalue weighted by Gasteiger charge is -2.17.